The van der Waals surface area contributed by atoms with Crippen LogP contribution in [0.3, 0.4) is 0 Å². The van der Waals surface area contributed by atoms with E-state index in [9.17, 15) is 4.79 Å². The third kappa shape index (κ3) is 1.63. The number of aliphatic hydroxyl groups excluding tert-OH is 1. The molecule has 0 amide bonds. The highest BCUT2D eigenvalue weighted by Gasteiger charge is 2.55. The summed E-state index contributed by atoms with van der Waals surface area (Å²) in [5.41, 5.74) is 1.45. The van der Waals surface area contributed by atoms with Gasteiger partial charge in [0.25, 0.3) is 0 Å². The molecule has 1 aliphatic heterocycles. The average molecular weight is 232 g/mol. The lowest BCUT2D eigenvalue weighted by molar-refractivity contribution is 0.112. The Bertz CT molecular complexity index is 449. The SMILES string of the molecule is Cc1nc(N2C[C@@H]3[C@H](CO)[C@@H]3C2)ccc1C=O. The molecule has 17 heavy (non-hydrogen) atoms. The van der Waals surface area contributed by atoms with Gasteiger partial charge < -0.3 is 10.0 Å². The van der Waals surface area contributed by atoms with Gasteiger partial charge in [-0.05, 0) is 36.8 Å². The molecule has 4 nitrogen and oxygen atoms in total. The second kappa shape index (κ2) is 3.81. The summed E-state index contributed by atoms with van der Waals surface area (Å²) in [6.07, 6.45) is 0.843. The number of anilines is 1. The summed E-state index contributed by atoms with van der Waals surface area (Å²) in [6.45, 7) is 4.16. The average Bonchev–Trinajstić information content (AvgIpc) is 2.81. The molecule has 3 atom stereocenters. The van der Waals surface area contributed by atoms with E-state index < -0.39 is 0 Å². The number of aryl methyl sites for hydroxylation is 1. The Kier molecular flexibility index (Phi) is 2.40. The zero-order chi connectivity index (χ0) is 12.0. The summed E-state index contributed by atoms with van der Waals surface area (Å²) >= 11 is 0. The quantitative estimate of drug-likeness (QED) is 0.786. The monoisotopic (exact) mass is 232 g/mol. The van der Waals surface area contributed by atoms with Crippen LogP contribution in [0.2, 0.25) is 0 Å². The van der Waals surface area contributed by atoms with Crippen LogP contribution in [0.25, 0.3) is 0 Å². The Morgan fingerprint density at radius 1 is 1.47 bits per heavy atom. The van der Waals surface area contributed by atoms with Crippen LogP contribution in [0.1, 0.15) is 16.1 Å². The van der Waals surface area contributed by atoms with Gasteiger partial charge in [0, 0.05) is 25.3 Å². The molecule has 90 valence electrons. The van der Waals surface area contributed by atoms with E-state index in [4.69, 9.17) is 5.11 Å². The second-order valence-corrected chi connectivity index (χ2v) is 5.04. The number of carbonyl (C=O) groups is 1. The third-order valence-electron chi connectivity index (χ3n) is 4.15. The fourth-order valence-electron chi connectivity index (χ4n) is 2.97. The predicted octanol–water partition coefficient (Wildman–Crippen LogP) is 0.877. The van der Waals surface area contributed by atoms with Gasteiger partial charge in [-0.15, -0.1) is 0 Å². The molecule has 1 aromatic heterocycles. The van der Waals surface area contributed by atoms with Crippen LogP contribution in [0, 0.1) is 24.7 Å². The first kappa shape index (κ1) is 10.7. The van der Waals surface area contributed by atoms with Gasteiger partial charge in [0.15, 0.2) is 6.29 Å². The summed E-state index contributed by atoms with van der Waals surface area (Å²) in [4.78, 5) is 17.4. The fraction of sp³-hybridized carbons (Fsp3) is 0.538. The first-order valence-corrected chi connectivity index (χ1v) is 6.03. The number of piperidine rings is 1. The standard InChI is InChI=1S/C13H16N2O2/c1-8-9(6-16)2-3-13(14-8)15-4-10-11(5-15)12(10)7-17/h2-3,6,10-12,17H,4-5,7H2,1H3/t10-,11+,12-. The minimum atomic E-state index is 0.319. The van der Waals surface area contributed by atoms with Gasteiger partial charge in [-0.25, -0.2) is 4.98 Å². The van der Waals surface area contributed by atoms with E-state index in [2.05, 4.69) is 9.88 Å². The van der Waals surface area contributed by atoms with Gasteiger partial charge in [0.1, 0.15) is 5.82 Å². The Morgan fingerprint density at radius 3 is 2.71 bits per heavy atom. The summed E-state index contributed by atoms with van der Waals surface area (Å²) in [5, 5.41) is 9.11. The lowest BCUT2D eigenvalue weighted by atomic mass is 10.2. The zero-order valence-corrected chi connectivity index (χ0v) is 9.84. The smallest absolute Gasteiger partial charge is 0.151 e. The van der Waals surface area contributed by atoms with Crippen LogP contribution in [-0.4, -0.2) is 36.1 Å². The Labute approximate surface area is 100 Å². The Hall–Kier alpha value is -1.42. The largest absolute Gasteiger partial charge is 0.396 e. The second-order valence-electron chi connectivity index (χ2n) is 5.04. The van der Waals surface area contributed by atoms with E-state index in [-0.39, 0.29) is 0 Å². The predicted molar refractivity (Wildman–Crippen MR) is 64.1 cm³/mol. The highest BCUT2D eigenvalue weighted by Crippen LogP contribution is 2.51. The van der Waals surface area contributed by atoms with Gasteiger partial charge in [-0.2, -0.15) is 0 Å². The molecule has 0 aromatic carbocycles. The number of pyridine rings is 1. The third-order valence-corrected chi connectivity index (χ3v) is 4.15. The Morgan fingerprint density at radius 2 is 2.18 bits per heavy atom. The number of fused-ring (bicyclic) bond motifs is 1. The van der Waals surface area contributed by atoms with Crippen LogP contribution in [0.4, 0.5) is 5.82 Å². The Balaban J connectivity index is 1.75. The molecular formula is C13H16N2O2. The topological polar surface area (TPSA) is 53.4 Å². The molecule has 1 aromatic rings. The number of hydrogen-bond donors (Lipinski definition) is 1. The molecular weight excluding hydrogens is 216 g/mol. The lowest BCUT2D eigenvalue weighted by Crippen LogP contribution is -2.25. The number of aromatic nitrogens is 1. The van der Waals surface area contributed by atoms with Gasteiger partial charge in [-0.3, -0.25) is 4.79 Å². The summed E-state index contributed by atoms with van der Waals surface area (Å²) in [5.74, 6) is 2.76. The number of hydrogen-bond acceptors (Lipinski definition) is 4. The van der Waals surface area contributed by atoms with Gasteiger partial charge in [0.2, 0.25) is 0 Å². The van der Waals surface area contributed by atoms with Crippen molar-refractivity contribution in [3.8, 4) is 0 Å². The molecule has 1 N–H and O–H groups in total. The first-order valence-electron chi connectivity index (χ1n) is 6.03. The molecule has 0 unspecified atom stereocenters. The maximum atomic E-state index is 10.7. The molecule has 2 heterocycles. The molecule has 4 heteroatoms. The summed E-state index contributed by atoms with van der Waals surface area (Å²) in [7, 11) is 0. The molecule has 1 aliphatic carbocycles. The van der Waals surface area contributed by atoms with Crippen molar-refractivity contribution in [3.63, 3.8) is 0 Å². The van der Waals surface area contributed by atoms with Crippen molar-refractivity contribution in [2.24, 2.45) is 17.8 Å². The van der Waals surface area contributed by atoms with Crippen molar-refractivity contribution in [1.82, 2.24) is 4.98 Å². The maximum Gasteiger partial charge on any atom is 0.151 e. The van der Waals surface area contributed by atoms with Gasteiger partial charge in [0.05, 0.1) is 5.69 Å². The van der Waals surface area contributed by atoms with Crippen LogP contribution >= 0.6 is 0 Å². The van der Waals surface area contributed by atoms with E-state index in [0.29, 0.717) is 29.9 Å². The van der Waals surface area contributed by atoms with Crippen molar-refractivity contribution in [2.45, 2.75) is 6.92 Å². The van der Waals surface area contributed by atoms with E-state index in [1.54, 1.807) is 0 Å². The summed E-state index contributed by atoms with van der Waals surface area (Å²) < 4.78 is 0. The molecule has 2 aliphatic rings. The van der Waals surface area contributed by atoms with Crippen LogP contribution in [0.15, 0.2) is 12.1 Å². The molecule has 0 radical (unpaired) electrons. The fourth-order valence-corrected chi connectivity index (χ4v) is 2.97. The number of carbonyl (C=O) groups excluding carboxylic acids is 1. The van der Waals surface area contributed by atoms with E-state index >= 15 is 0 Å². The lowest BCUT2D eigenvalue weighted by Gasteiger charge is -2.21. The first-order chi connectivity index (χ1) is 8.24. The molecule has 1 saturated carbocycles. The van der Waals surface area contributed by atoms with E-state index in [1.807, 2.05) is 19.1 Å². The number of aliphatic hydroxyl groups is 1. The minimum absolute atomic E-state index is 0.319. The highest BCUT2D eigenvalue weighted by molar-refractivity contribution is 5.76. The van der Waals surface area contributed by atoms with Crippen molar-refractivity contribution >= 4 is 12.1 Å². The van der Waals surface area contributed by atoms with Crippen molar-refractivity contribution in [1.29, 1.82) is 0 Å². The highest BCUT2D eigenvalue weighted by atomic mass is 16.3. The molecule has 1 saturated heterocycles. The van der Waals surface area contributed by atoms with Crippen molar-refractivity contribution in [2.75, 3.05) is 24.6 Å². The van der Waals surface area contributed by atoms with Crippen molar-refractivity contribution in [3.05, 3.63) is 23.4 Å². The minimum Gasteiger partial charge on any atom is -0.396 e. The maximum absolute atomic E-state index is 10.7. The van der Waals surface area contributed by atoms with E-state index in [1.165, 1.54) is 0 Å². The van der Waals surface area contributed by atoms with E-state index in [0.717, 1.165) is 30.9 Å². The van der Waals surface area contributed by atoms with Gasteiger partial charge in [-0.1, -0.05) is 0 Å². The van der Waals surface area contributed by atoms with Crippen molar-refractivity contribution < 1.29 is 9.90 Å². The summed E-state index contributed by atoms with van der Waals surface area (Å²) in [6, 6.07) is 3.74. The van der Waals surface area contributed by atoms with Crippen LogP contribution in [-0.2, 0) is 0 Å². The van der Waals surface area contributed by atoms with Crippen LogP contribution < -0.4 is 4.90 Å². The van der Waals surface area contributed by atoms with Crippen LogP contribution in [0.5, 0.6) is 0 Å². The molecule has 0 spiro atoms. The molecule has 2 fully saturated rings. The number of rotatable bonds is 3. The molecule has 3 rings (SSSR count). The normalized spacial score (nSPS) is 30.2. The number of aldehydes is 1. The zero-order valence-electron chi connectivity index (χ0n) is 9.84. The number of nitrogens with zero attached hydrogens (tertiary/aromatic N) is 2. The van der Waals surface area contributed by atoms with Gasteiger partial charge >= 0.3 is 0 Å². The molecule has 0 bridgehead atoms.